The molecule has 8 heteroatoms. The van der Waals surface area contributed by atoms with Crippen molar-refractivity contribution in [2.45, 2.75) is 33.4 Å². The van der Waals surface area contributed by atoms with Gasteiger partial charge < -0.3 is 14.2 Å². The Kier molecular flexibility index (Phi) is 7.96. The zero-order chi connectivity index (χ0) is 23.8. The summed E-state index contributed by atoms with van der Waals surface area (Å²) in [4.78, 5) is 39.9. The van der Waals surface area contributed by atoms with E-state index in [-0.39, 0.29) is 30.6 Å². The Morgan fingerprint density at radius 2 is 1.64 bits per heavy atom. The average Bonchev–Trinajstić information content (AvgIpc) is 3.23. The molecule has 1 aromatic heterocycles. The highest BCUT2D eigenvalue weighted by molar-refractivity contribution is 5.96. The fraction of sp³-hybridized carbons (Fsp3) is 0.280. The van der Waals surface area contributed by atoms with Crippen LogP contribution in [0.2, 0.25) is 0 Å². The first-order valence-corrected chi connectivity index (χ1v) is 10.8. The first-order chi connectivity index (χ1) is 15.9. The van der Waals surface area contributed by atoms with Crippen LogP contribution in [0.25, 0.3) is 0 Å². The minimum Gasteiger partial charge on any atom is -0.464 e. The van der Waals surface area contributed by atoms with Gasteiger partial charge in [-0.05, 0) is 43.2 Å². The molecular formula is C25H27N3O5. The molecule has 0 aliphatic heterocycles. The van der Waals surface area contributed by atoms with E-state index in [0.29, 0.717) is 30.8 Å². The van der Waals surface area contributed by atoms with Gasteiger partial charge in [-0.3, -0.25) is 19.7 Å². The molecule has 0 saturated heterocycles. The summed E-state index contributed by atoms with van der Waals surface area (Å²) >= 11 is 0. The number of carbonyl (C=O) groups is 2. The zero-order valence-corrected chi connectivity index (χ0v) is 18.8. The number of rotatable bonds is 10. The van der Waals surface area contributed by atoms with Gasteiger partial charge in [0.1, 0.15) is 18.1 Å². The summed E-state index contributed by atoms with van der Waals surface area (Å²) in [6.45, 7) is 4.72. The molecule has 3 rings (SSSR count). The number of hydrogen-bond donors (Lipinski definition) is 0. The van der Waals surface area contributed by atoms with Crippen LogP contribution in [-0.4, -0.2) is 39.6 Å². The molecule has 2 aromatic carbocycles. The Morgan fingerprint density at radius 3 is 2.21 bits per heavy atom. The van der Waals surface area contributed by atoms with Gasteiger partial charge in [0.25, 0.3) is 11.6 Å². The molecule has 0 aliphatic carbocycles. The van der Waals surface area contributed by atoms with Gasteiger partial charge >= 0.3 is 0 Å². The molecule has 0 radical (unpaired) electrons. The highest BCUT2D eigenvalue weighted by atomic mass is 16.6. The van der Waals surface area contributed by atoms with E-state index in [4.69, 9.17) is 4.42 Å². The standard InChI is InChI=1S/C25H27N3O5/c1-3-15-26(25(30)21-10-12-22(13-11-21)28(31)32)18-24(29)27(16-20-7-5-4-6-8-20)17-23-14-9-19(2)33-23/h4-14H,3,15-18H2,1-2H3. The molecular weight excluding hydrogens is 422 g/mol. The second-order valence-corrected chi connectivity index (χ2v) is 7.78. The Hall–Kier alpha value is -3.94. The van der Waals surface area contributed by atoms with Crippen molar-refractivity contribution in [2.75, 3.05) is 13.1 Å². The van der Waals surface area contributed by atoms with Crippen molar-refractivity contribution in [1.29, 1.82) is 0 Å². The van der Waals surface area contributed by atoms with E-state index in [1.54, 1.807) is 4.90 Å². The van der Waals surface area contributed by atoms with Gasteiger partial charge in [0.2, 0.25) is 5.91 Å². The monoisotopic (exact) mass is 449 g/mol. The quantitative estimate of drug-likeness (QED) is 0.333. The molecule has 3 aromatic rings. The molecule has 0 fully saturated rings. The van der Waals surface area contributed by atoms with Crippen LogP contribution < -0.4 is 0 Å². The van der Waals surface area contributed by atoms with Crippen molar-refractivity contribution in [2.24, 2.45) is 0 Å². The fourth-order valence-corrected chi connectivity index (χ4v) is 3.49. The maximum atomic E-state index is 13.3. The van der Waals surface area contributed by atoms with E-state index in [2.05, 4.69) is 0 Å². The summed E-state index contributed by atoms with van der Waals surface area (Å²) in [5.74, 6) is 0.879. The largest absolute Gasteiger partial charge is 0.464 e. The second-order valence-electron chi connectivity index (χ2n) is 7.78. The third-order valence-corrected chi connectivity index (χ3v) is 5.14. The summed E-state index contributed by atoms with van der Waals surface area (Å²) in [6, 6.07) is 18.7. The van der Waals surface area contributed by atoms with Gasteiger partial charge in [-0.25, -0.2) is 0 Å². The van der Waals surface area contributed by atoms with Gasteiger partial charge in [0.15, 0.2) is 0 Å². The predicted octanol–water partition coefficient (Wildman–Crippen LogP) is 4.58. The molecule has 1 heterocycles. The lowest BCUT2D eigenvalue weighted by Gasteiger charge is -2.27. The number of furan rings is 1. The molecule has 0 bridgehead atoms. The van der Waals surface area contributed by atoms with E-state index in [1.807, 2.05) is 56.3 Å². The van der Waals surface area contributed by atoms with Crippen LogP contribution in [0.1, 0.15) is 40.8 Å². The maximum absolute atomic E-state index is 13.3. The molecule has 0 aliphatic rings. The Bertz CT molecular complexity index is 1090. The fourth-order valence-electron chi connectivity index (χ4n) is 3.49. The van der Waals surface area contributed by atoms with E-state index < -0.39 is 4.92 Å². The molecule has 8 nitrogen and oxygen atoms in total. The smallest absolute Gasteiger partial charge is 0.269 e. The number of non-ortho nitro benzene ring substituents is 1. The van der Waals surface area contributed by atoms with Crippen molar-refractivity contribution in [3.63, 3.8) is 0 Å². The van der Waals surface area contributed by atoms with Crippen molar-refractivity contribution >= 4 is 17.5 Å². The molecule has 2 amide bonds. The molecule has 0 atom stereocenters. The van der Waals surface area contributed by atoms with E-state index in [0.717, 1.165) is 11.3 Å². The van der Waals surface area contributed by atoms with E-state index >= 15 is 0 Å². The SMILES string of the molecule is CCCN(CC(=O)N(Cc1ccccc1)Cc1ccc(C)o1)C(=O)c1ccc([N+](=O)[O-])cc1. The molecule has 0 saturated carbocycles. The number of benzene rings is 2. The van der Waals surface area contributed by atoms with E-state index in [9.17, 15) is 19.7 Å². The normalized spacial score (nSPS) is 10.6. The van der Waals surface area contributed by atoms with Gasteiger partial charge in [0.05, 0.1) is 11.5 Å². The second kappa shape index (κ2) is 11.1. The number of carbonyl (C=O) groups excluding carboxylic acids is 2. The number of hydrogen-bond acceptors (Lipinski definition) is 5. The van der Waals surface area contributed by atoms with Crippen LogP contribution in [0.5, 0.6) is 0 Å². The van der Waals surface area contributed by atoms with Crippen molar-refractivity contribution < 1.29 is 18.9 Å². The van der Waals surface area contributed by atoms with Crippen LogP contribution in [-0.2, 0) is 17.9 Å². The van der Waals surface area contributed by atoms with Gasteiger partial charge in [0, 0.05) is 30.8 Å². The molecule has 0 unspecified atom stereocenters. The third-order valence-electron chi connectivity index (χ3n) is 5.14. The number of nitro benzene ring substituents is 1. The Morgan fingerprint density at radius 1 is 0.939 bits per heavy atom. The lowest BCUT2D eigenvalue weighted by molar-refractivity contribution is -0.384. The lowest BCUT2D eigenvalue weighted by Crippen LogP contribution is -2.42. The Balaban J connectivity index is 1.78. The summed E-state index contributed by atoms with van der Waals surface area (Å²) in [6.07, 6.45) is 0.669. The van der Waals surface area contributed by atoms with Crippen molar-refractivity contribution in [3.8, 4) is 0 Å². The number of nitrogens with zero attached hydrogens (tertiary/aromatic N) is 3. The van der Waals surface area contributed by atoms with Gasteiger partial charge in [-0.15, -0.1) is 0 Å². The van der Waals surface area contributed by atoms with Crippen LogP contribution in [0.3, 0.4) is 0 Å². The number of nitro groups is 1. The summed E-state index contributed by atoms with van der Waals surface area (Å²) in [5.41, 5.74) is 1.18. The zero-order valence-electron chi connectivity index (χ0n) is 18.8. The topological polar surface area (TPSA) is 96.9 Å². The highest BCUT2D eigenvalue weighted by Crippen LogP contribution is 2.16. The molecule has 33 heavy (non-hydrogen) atoms. The highest BCUT2D eigenvalue weighted by Gasteiger charge is 2.23. The van der Waals surface area contributed by atoms with Crippen molar-refractivity contribution in [3.05, 3.63) is 99.5 Å². The molecule has 0 N–H and O–H groups in total. The lowest BCUT2D eigenvalue weighted by atomic mass is 10.1. The summed E-state index contributed by atoms with van der Waals surface area (Å²) < 4.78 is 5.67. The third kappa shape index (κ3) is 6.52. The molecule has 172 valence electrons. The number of aryl methyl sites for hydroxylation is 1. The Labute approximate surface area is 192 Å². The minimum atomic E-state index is -0.514. The first-order valence-electron chi connectivity index (χ1n) is 10.8. The predicted molar refractivity (Wildman–Crippen MR) is 123 cm³/mol. The number of amides is 2. The van der Waals surface area contributed by atoms with Crippen LogP contribution >= 0.6 is 0 Å². The summed E-state index contributed by atoms with van der Waals surface area (Å²) in [7, 11) is 0. The molecule has 0 spiro atoms. The van der Waals surface area contributed by atoms with Gasteiger partial charge in [-0.1, -0.05) is 37.3 Å². The van der Waals surface area contributed by atoms with Gasteiger partial charge in [-0.2, -0.15) is 0 Å². The first kappa shape index (κ1) is 23.7. The van der Waals surface area contributed by atoms with Crippen LogP contribution in [0.15, 0.2) is 71.1 Å². The van der Waals surface area contributed by atoms with E-state index in [1.165, 1.54) is 29.2 Å². The van der Waals surface area contributed by atoms with Crippen molar-refractivity contribution in [1.82, 2.24) is 9.80 Å². The minimum absolute atomic E-state index is 0.0903. The van der Waals surface area contributed by atoms with Crippen LogP contribution in [0, 0.1) is 17.0 Å². The van der Waals surface area contributed by atoms with Crippen LogP contribution in [0.4, 0.5) is 5.69 Å². The average molecular weight is 450 g/mol. The maximum Gasteiger partial charge on any atom is 0.269 e. The summed E-state index contributed by atoms with van der Waals surface area (Å²) in [5, 5.41) is 10.9.